The van der Waals surface area contributed by atoms with Gasteiger partial charge in [0.25, 0.3) is 0 Å². The lowest BCUT2D eigenvalue weighted by atomic mass is 9.85. The second-order valence-corrected chi connectivity index (χ2v) is 8.67. The van der Waals surface area contributed by atoms with Gasteiger partial charge in [0.1, 0.15) is 0 Å². The summed E-state index contributed by atoms with van der Waals surface area (Å²) in [5.41, 5.74) is 4.43. The predicted molar refractivity (Wildman–Crippen MR) is 75.2 cm³/mol. The summed E-state index contributed by atoms with van der Waals surface area (Å²) in [5, 5.41) is 0. The van der Waals surface area contributed by atoms with Gasteiger partial charge in [0, 0.05) is 21.4 Å². The Morgan fingerprint density at radius 1 is 0.941 bits per heavy atom. The van der Waals surface area contributed by atoms with E-state index in [9.17, 15) is 0 Å². The molecule has 0 saturated carbocycles. The van der Waals surface area contributed by atoms with E-state index < -0.39 is 8.26 Å². The van der Waals surface area contributed by atoms with E-state index in [2.05, 4.69) is 74.2 Å². The number of benzene rings is 1. The Balaban J connectivity index is 0.000000437. The van der Waals surface area contributed by atoms with E-state index >= 15 is 0 Å². The highest BCUT2D eigenvalue weighted by Gasteiger charge is 2.13. The highest BCUT2D eigenvalue weighted by molar-refractivity contribution is 8.31. The molecule has 2 nitrogen and oxygen atoms in total. The van der Waals surface area contributed by atoms with Crippen molar-refractivity contribution in [2.24, 2.45) is 0 Å². The van der Waals surface area contributed by atoms with Crippen LogP contribution in [0.1, 0.15) is 37.5 Å². The molecule has 0 unspecified atom stereocenters. The molecule has 1 aromatic rings. The van der Waals surface area contributed by atoms with Gasteiger partial charge in [-0.05, 0) is 24.8 Å². The van der Waals surface area contributed by atoms with Gasteiger partial charge < -0.3 is 0 Å². The van der Waals surface area contributed by atoms with Crippen LogP contribution in [0.5, 0.6) is 0 Å². The molecule has 0 aromatic heterocycles. The zero-order chi connectivity index (χ0) is 13.9. The molecule has 0 spiro atoms. The first-order valence-corrected chi connectivity index (χ1v) is 8.26. The van der Waals surface area contributed by atoms with Crippen molar-refractivity contribution in [3.63, 3.8) is 0 Å². The first-order chi connectivity index (χ1) is 7.39. The molecule has 1 aromatic carbocycles. The molecule has 0 saturated heterocycles. The SMILES string of the molecule is Cc1cc(C)cc(C(C)(C)C)c1.O=S(=O)(Cl)Cl. The molecular formula is C12H18Cl2O2S. The van der Waals surface area contributed by atoms with Crippen molar-refractivity contribution in [1.82, 2.24) is 0 Å². The standard InChI is InChI=1S/C12H18.Cl2O2S/c1-9-6-10(2)8-11(7-9)12(3,4)5;1-5(2,3)4/h6-8H,1-5H3;. The van der Waals surface area contributed by atoms with Crippen molar-refractivity contribution in [3.8, 4) is 0 Å². The second kappa shape index (κ2) is 6.07. The average molecular weight is 297 g/mol. The number of halogens is 2. The largest absolute Gasteiger partial charge is 0.317 e. The van der Waals surface area contributed by atoms with Gasteiger partial charge in [-0.15, -0.1) is 0 Å². The third kappa shape index (κ3) is 9.45. The van der Waals surface area contributed by atoms with E-state index in [0.717, 1.165) is 0 Å². The van der Waals surface area contributed by atoms with Crippen molar-refractivity contribution >= 4 is 29.6 Å². The van der Waals surface area contributed by atoms with Gasteiger partial charge in [0.15, 0.2) is 0 Å². The Hall–Kier alpha value is -0.250. The summed E-state index contributed by atoms with van der Waals surface area (Å²) in [6.45, 7) is 11.1. The first kappa shape index (κ1) is 16.8. The van der Waals surface area contributed by atoms with Gasteiger partial charge in [0.05, 0.1) is 0 Å². The van der Waals surface area contributed by atoms with E-state index in [1.807, 2.05) is 0 Å². The van der Waals surface area contributed by atoms with Gasteiger partial charge in [-0.25, -0.2) is 0 Å². The number of aryl methyl sites for hydroxylation is 2. The van der Waals surface area contributed by atoms with E-state index in [0.29, 0.717) is 0 Å². The van der Waals surface area contributed by atoms with Crippen LogP contribution < -0.4 is 0 Å². The fraction of sp³-hybridized carbons (Fsp3) is 0.500. The summed E-state index contributed by atoms with van der Waals surface area (Å²) < 4.78 is 18.3. The topological polar surface area (TPSA) is 34.1 Å². The molecule has 0 fully saturated rings. The number of hydrogen-bond acceptors (Lipinski definition) is 2. The molecule has 0 aliphatic rings. The molecule has 17 heavy (non-hydrogen) atoms. The maximum Gasteiger partial charge on any atom is 0.317 e. The smallest absolute Gasteiger partial charge is 0.195 e. The summed E-state index contributed by atoms with van der Waals surface area (Å²) >= 11 is 0. The van der Waals surface area contributed by atoms with E-state index in [4.69, 9.17) is 8.42 Å². The Morgan fingerprint density at radius 3 is 1.47 bits per heavy atom. The van der Waals surface area contributed by atoms with Crippen molar-refractivity contribution in [3.05, 3.63) is 34.9 Å². The van der Waals surface area contributed by atoms with Crippen molar-refractivity contribution in [2.75, 3.05) is 0 Å². The van der Waals surface area contributed by atoms with E-state index in [1.165, 1.54) is 16.7 Å². The first-order valence-electron chi connectivity index (χ1n) is 5.12. The second-order valence-electron chi connectivity index (χ2n) is 5.00. The minimum atomic E-state index is -3.72. The summed E-state index contributed by atoms with van der Waals surface area (Å²) in [6.07, 6.45) is 0. The van der Waals surface area contributed by atoms with Crippen LogP contribution in [-0.2, 0) is 13.7 Å². The molecular weight excluding hydrogens is 279 g/mol. The summed E-state index contributed by atoms with van der Waals surface area (Å²) in [6, 6.07) is 6.76. The third-order valence-electron chi connectivity index (χ3n) is 2.09. The summed E-state index contributed by atoms with van der Waals surface area (Å²) in [4.78, 5) is 0. The Bertz CT molecular complexity index is 446. The van der Waals surface area contributed by atoms with Gasteiger partial charge in [-0.1, -0.05) is 50.1 Å². The van der Waals surface area contributed by atoms with Crippen LogP contribution in [0, 0.1) is 13.8 Å². The Labute approximate surface area is 113 Å². The Kier molecular flexibility index (Phi) is 5.99. The molecule has 0 bridgehead atoms. The van der Waals surface area contributed by atoms with Crippen molar-refractivity contribution < 1.29 is 8.42 Å². The molecule has 98 valence electrons. The molecule has 0 N–H and O–H groups in total. The summed E-state index contributed by atoms with van der Waals surface area (Å²) in [7, 11) is 4.81. The molecule has 0 radical (unpaired) electrons. The monoisotopic (exact) mass is 296 g/mol. The molecule has 0 atom stereocenters. The molecule has 0 aliphatic heterocycles. The zero-order valence-corrected chi connectivity index (χ0v) is 13.0. The molecule has 0 amide bonds. The van der Waals surface area contributed by atoms with Crippen LogP contribution in [0.2, 0.25) is 0 Å². The lowest BCUT2D eigenvalue weighted by Gasteiger charge is -2.20. The normalized spacial score (nSPS) is 11.7. The lowest BCUT2D eigenvalue weighted by molar-refractivity contribution is 0.589. The van der Waals surface area contributed by atoms with Crippen LogP contribution in [-0.4, -0.2) is 8.42 Å². The highest BCUT2D eigenvalue weighted by Crippen LogP contribution is 2.23. The van der Waals surface area contributed by atoms with E-state index in [-0.39, 0.29) is 5.41 Å². The van der Waals surface area contributed by atoms with Crippen LogP contribution >= 0.6 is 21.4 Å². The molecule has 0 heterocycles. The Morgan fingerprint density at radius 2 is 1.24 bits per heavy atom. The molecule has 5 heteroatoms. The minimum Gasteiger partial charge on any atom is -0.195 e. The van der Waals surface area contributed by atoms with Gasteiger partial charge in [-0.2, -0.15) is 8.42 Å². The maximum atomic E-state index is 9.16. The van der Waals surface area contributed by atoms with Crippen LogP contribution in [0.25, 0.3) is 0 Å². The minimum absolute atomic E-state index is 0.275. The number of hydrogen-bond donors (Lipinski definition) is 0. The molecule has 1 rings (SSSR count). The van der Waals surface area contributed by atoms with Gasteiger partial charge in [-0.3, -0.25) is 0 Å². The average Bonchev–Trinajstić information content (AvgIpc) is 1.96. The van der Waals surface area contributed by atoms with E-state index in [1.54, 1.807) is 0 Å². The molecule has 0 aliphatic carbocycles. The zero-order valence-electron chi connectivity index (χ0n) is 10.7. The highest BCUT2D eigenvalue weighted by atomic mass is 36.0. The lowest BCUT2D eigenvalue weighted by Crippen LogP contribution is -2.11. The third-order valence-corrected chi connectivity index (χ3v) is 2.09. The fourth-order valence-corrected chi connectivity index (χ4v) is 1.41. The van der Waals surface area contributed by atoms with Crippen molar-refractivity contribution in [2.45, 2.75) is 40.0 Å². The fourth-order valence-electron chi connectivity index (χ4n) is 1.41. The maximum absolute atomic E-state index is 9.16. The summed E-state index contributed by atoms with van der Waals surface area (Å²) in [5.74, 6) is 0. The number of rotatable bonds is 0. The van der Waals surface area contributed by atoms with Crippen LogP contribution in [0.4, 0.5) is 0 Å². The van der Waals surface area contributed by atoms with Crippen LogP contribution in [0.15, 0.2) is 18.2 Å². The van der Waals surface area contributed by atoms with Crippen molar-refractivity contribution in [1.29, 1.82) is 0 Å². The van der Waals surface area contributed by atoms with Crippen LogP contribution in [0.3, 0.4) is 0 Å². The van der Waals surface area contributed by atoms with Gasteiger partial charge >= 0.3 is 8.26 Å². The quantitative estimate of drug-likeness (QED) is 0.669. The predicted octanol–water partition coefficient (Wildman–Crippen LogP) is 4.31. The van der Waals surface area contributed by atoms with Gasteiger partial charge in [0.2, 0.25) is 0 Å².